The van der Waals surface area contributed by atoms with Crippen molar-refractivity contribution in [3.63, 3.8) is 0 Å². The summed E-state index contributed by atoms with van der Waals surface area (Å²) in [5, 5.41) is 20.7. The molecule has 0 atom stereocenters. The summed E-state index contributed by atoms with van der Waals surface area (Å²) in [4.78, 5) is 22.2. The molecule has 0 aliphatic rings. The molecule has 1 rings (SSSR count). The SMILES string of the molecule is CC.CCCCC(=O)Nc1ccc(O)c(C(=O)O)c1. The molecule has 0 radical (unpaired) electrons. The van der Waals surface area contributed by atoms with E-state index in [1.165, 1.54) is 18.2 Å². The highest BCUT2D eigenvalue weighted by molar-refractivity contribution is 5.95. The molecule has 0 aliphatic heterocycles. The Morgan fingerprint density at radius 1 is 1.26 bits per heavy atom. The van der Waals surface area contributed by atoms with Crippen LogP contribution in [0.1, 0.15) is 50.4 Å². The monoisotopic (exact) mass is 267 g/mol. The zero-order valence-electron chi connectivity index (χ0n) is 11.6. The van der Waals surface area contributed by atoms with E-state index in [1.807, 2.05) is 20.8 Å². The van der Waals surface area contributed by atoms with Crippen molar-refractivity contribution in [1.82, 2.24) is 0 Å². The molecule has 1 amide bonds. The third kappa shape index (κ3) is 5.90. The second-order valence-corrected chi connectivity index (χ2v) is 3.69. The Morgan fingerprint density at radius 2 is 1.89 bits per heavy atom. The maximum absolute atomic E-state index is 11.4. The third-order valence-electron chi connectivity index (χ3n) is 2.27. The number of aromatic carboxylic acids is 1. The van der Waals surface area contributed by atoms with E-state index < -0.39 is 5.97 Å². The van der Waals surface area contributed by atoms with Gasteiger partial charge >= 0.3 is 5.97 Å². The number of unbranched alkanes of at least 4 members (excludes halogenated alkanes) is 1. The molecule has 0 aromatic heterocycles. The number of phenols is 1. The van der Waals surface area contributed by atoms with Crippen LogP contribution in [0.5, 0.6) is 5.75 Å². The fraction of sp³-hybridized carbons (Fsp3) is 0.429. The van der Waals surface area contributed by atoms with Crippen LogP contribution >= 0.6 is 0 Å². The second-order valence-electron chi connectivity index (χ2n) is 3.69. The summed E-state index contributed by atoms with van der Waals surface area (Å²) in [5.74, 6) is -1.70. The highest BCUT2D eigenvalue weighted by Gasteiger charge is 2.11. The Morgan fingerprint density at radius 3 is 2.42 bits per heavy atom. The standard InChI is InChI=1S/C12H15NO4.C2H6/c1-2-3-4-11(15)13-8-5-6-10(14)9(7-8)12(16)17;1-2/h5-7,14H,2-4H2,1H3,(H,13,15)(H,16,17);1-2H3. The first-order valence-electron chi connectivity index (χ1n) is 6.40. The van der Waals surface area contributed by atoms with E-state index >= 15 is 0 Å². The highest BCUT2D eigenvalue weighted by atomic mass is 16.4. The van der Waals surface area contributed by atoms with E-state index in [4.69, 9.17) is 5.11 Å². The van der Waals surface area contributed by atoms with Crippen LogP contribution in [0.4, 0.5) is 5.69 Å². The molecule has 5 nitrogen and oxygen atoms in total. The van der Waals surface area contributed by atoms with Crippen LogP contribution in [-0.2, 0) is 4.79 Å². The van der Waals surface area contributed by atoms with Gasteiger partial charge in [0.05, 0.1) is 0 Å². The molecule has 0 saturated carbocycles. The Bertz CT molecular complexity index is 429. The van der Waals surface area contributed by atoms with Gasteiger partial charge in [-0.15, -0.1) is 0 Å². The van der Waals surface area contributed by atoms with E-state index in [0.717, 1.165) is 12.8 Å². The number of carboxylic acid groups (broad SMARTS) is 1. The molecule has 3 N–H and O–H groups in total. The van der Waals surface area contributed by atoms with E-state index in [9.17, 15) is 14.7 Å². The predicted molar refractivity (Wildman–Crippen MR) is 74.6 cm³/mol. The number of carbonyl (C=O) groups excluding carboxylic acids is 1. The van der Waals surface area contributed by atoms with Gasteiger partial charge in [0.2, 0.25) is 5.91 Å². The minimum atomic E-state index is -1.23. The summed E-state index contributed by atoms with van der Waals surface area (Å²) in [5.41, 5.74) is 0.152. The first-order valence-corrected chi connectivity index (χ1v) is 6.40. The Kier molecular flexibility index (Phi) is 8.00. The molecule has 5 heteroatoms. The van der Waals surface area contributed by atoms with E-state index in [2.05, 4.69) is 5.32 Å². The number of nitrogens with one attached hydrogen (secondary N) is 1. The lowest BCUT2D eigenvalue weighted by atomic mass is 10.1. The number of rotatable bonds is 5. The summed E-state index contributed by atoms with van der Waals surface area (Å²) in [6, 6.07) is 3.95. The van der Waals surface area contributed by atoms with Crippen LogP contribution < -0.4 is 5.32 Å². The van der Waals surface area contributed by atoms with Crippen molar-refractivity contribution in [3.05, 3.63) is 23.8 Å². The van der Waals surface area contributed by atoms with Crippen LogP contribution in [-0.4, -0.2) is 22.1 Å². The number of hydrogen-bond acceptors (Lipinski definition) is 3. The van der Waals surface area contributed by atoms with Crippen molar-refractivity contribution in [2.24, 2.45) is 0 Å². The van der Waals surface area contributed by atoms with Gasteiger partial charge in [-0.25, -0.2) is 4.79 Å². The van der Waals surface area contributed by atoms with Crippen molar-refractivity contribution in [2.45, 2.75) is 40.0 Å². The molecule has 0 fully saturated rings. The predicted octanol–water partition coefficient (Wildman–Crippen LogP) is 3.25. The molecule has 106 valence electrons. The van der Waals surface area contributed by atoms with Crippen LogP contribution in [0, 0.1) is 0 Å². The topological polar surface area (TPSA) is 86.6 Å². The largest absolute Gasteiger partial charge is 0.507 e. The zero-order chi connectivity index (χ0) is 14.8. The minimum Gasteiger partial charge on any atom is -0.507 e. The number of amides is 1. The first kappa shape index (κ1) is 17.0. The van der Waals surface area contributed by atoms with Crippen molar-refractivity contribution >= 4 is 17.6 Å². The fourth-order valence-corrected chi connectivity index (χ4v) is 1.35. The number of anilines is 1. The summed E-state index contributed by atoms with van der Waals surface area (Å²) in [6.45, 7) is 5.98. The van der Waals surface area contributed by atoms with Crippen LogP contribution in [0.25, 0.3) is 0 Å². The number of carbonyl (C=O) groups is 2. The van der Waals surface area contributed by atoms with Gasteiger partial charge in [-0.2, -0.15) is 0 Å². The van der Waals surface area contributed by atoms with Crippen LogP contribution in [0.15, 0.2) is 18.2 Å². The van der Waals surface area contributed by atoms with Gasteiger partial charge in [0.25, 0.3) is 0 Å². The van der Waals surface area contributed by atoms with Crippen molar-refractivity contribution in [2.75, 3.05) is 5.32 Å². The van der Waals surface area contributed by atoms with Gasteiger partial charge in [-0.3, -0.25) is 4.79 Å². The Labute approximate surface area is 113 Å². The molecule has 1 aromatic rings. The normalized spacial score (nSPS) is 9.21. The van der Waals surface area contributed by atoms with E-state index in [0.29, 0.717) is 12.1 Å². The molecular formula is C14H21NO4. The van der Waals surface area contributed by atoms with Crippen LogP contribution in [0.3, 0.4) is 0 Å². The average molecular weight is 267 g/mol. The van der Waals surface area contributed by atoms with Crippen molar-refractivity contribution < 1.29 is 19.8 Å². The van der Waals surface area contributed by atoms with Crippen LogP contribution in [0.2, 0.25) is 0 Å². The van der Waals surface area contributed by atoms with Gasteiger partial charge in [-0.1, -0.05) is 27.2 Å². The zero-order valence-corrected chi connectivity index (χ0v) is 11.6. The summed E-state index contributed by atoms with van der Waals surface area (Å²) in [7, 11) is 0. The van der Waals surface area contributed by atoms with E-state index in [1.54, 1.807) is 0 Å². The maximum atomic E-state index is 11.4. The molecule has 0 bridgehead atoms. The van der Waals surface area contributed by atoms with Crippen molar-refractivity contribution in [1.29, 1.82) is 0 Å². The fourth-order valence-electron chi connectivity index (χ4n) is 1.35. The van der Waals surface area contributed by atoms with Gasteiger partial charge in [-0.05, 0) is 24.6 Å². The number of hydrogen-bond donors (Lipinski definition) is 3. The van der Waals surface area contributed by atoms with E-state index in [-0.39, 0.29) is 17.2 Å². The quantitative estimate of drug-likeness (QED) is 0.715. The average Bonchev–Trinajstić information content (AvgIpc) is 2.40. The Balaban J connectivity index is 0.00000154. The Hall–Kier alpha value is -2.04. The summed E-state index contributed by atoms with van der Waals surface area (Å²) >= 11 is 0. The number of aromatic hydroxyl groups is 1. The molecule has 0 unspecified atom stereocenters. The molecule has 1 aromatic carbocycles. The first-order chi connectivity index (χ1) is 9.04. The number of benzene rings is 1. The highest BCUT2D eigenvalue weighted by Crippen LogP contribution is 2.21. The lowest BCUT2D eigenvalue weighted by Crippen LogP contribution is -2.11. The lowest BCUT2D eigenvalue weighted by molar-refractivity contribution is -0.116. The lowest BCUT2D eigenvalue weighted by Gasteiger charge is -2.06. The van der Waals surface area contributed by atoms with Gasteiger partial charge < -0.3 is 15.5 Å². The van der Waals surface area contributed by atoms with Crippen molar-refractivity contribution in [3.8, 4) is 5.75 Å². The molecule has 0 aliphatic carbocycles. The maximum Gasteiger partial charge on any atom is 0.339 e. The molecule has 0 spiro atoms. The summed E-state index contributed by atoms with van der Waals surface area (Å²) in [6.07, 6.45) is 2.11. The number of carboxylic acids is 1. The summed E-state index contributed by atoms with van der Waals surface area (Å²) < 4.78 is 0. The minimum absolute atomic E-state index is 0.158. The molecule has 0 heterocycles. The smallest absolute Gasteiger partial charge is 0.339 e. The molecule has 0 saturated heterocycles. The van der Waals surface area contributed by atoms with Gasteiger partial charge in [0, 0.05) is 12.1 Å². The van der Waals surface area contributed by atoms with Gasteiger partial charge in [0.15, 0.2) is 0 Å². The van der Waals surface area contributed by atoms with Gasteiger partial charge in [0.1, 0.15) is 11.3 Å². The molecule has 19 heavy (non-hydrogen) atoms. The third-order valence-corrected chi connectivity index (χ3v) is 2.27. The molecular weight excluding hydrogens is 246 g/mol. The second kappa shape index (κ2) is 8.97.